The zero-order chi connectivity index (χ0) is 13.5. The Morgan fingerprint density at radius 2 is 2.47 bits per heavy atom. The van der Waals surface area contributed by atoms with Crippen LogP contribution >= 0.6 is 11.8 Å². The minimum atomic E-state index is -0.115. The molecule has 0 radical (unpaired) electrons. The van der Waals surface area contributed by atoms with Crippen molar-refractivity contribution in [2.45, 2.75) is 18.9 Å². The van der Waals surface area contributed by atoms with Crippen LogP contribution in [0.15, 0.2) is 24.4 Å². The van der Waals surface area contributed by atoms with Crippen LogP contribution in [0.2, 0.25) is 0 Å². The molecule has 1 unspecified atom stereocenters. The highest BCUT2D eigenvalue weighted by Gasteiger charge is 2.25. The SMILES string of the molecule is COC(=O)CC1CSCCN1CCc1ccccn1. The third kappa shape index (κ3) is 4.51. The van der Waals surface area contributed by atoms with Gasteiger partial charge in [0, 0.05) is 48.9 Å². The Labute approximate surface area is 118 Å². The highest BCUT2D eigenvalue weighted by atomic mass is 32.2. The van der Waals surface area contributed by atoms with Gasteiger partial charge in [-0.2, -0.15) is 11.8 Å². The number of hydrogen-bond donors (Lipinski definition) is 0. The Morgan fingerprint density at radius 3 is 3.21 bits per heavy atom. The number of esters is 1. The van der Waals surface area contributed by atoms with Crippen LogP contribution in [0.4, 0.5) is 0 Å². The summed E-state index contributed by atoms with van der Waals surface area (Å²) in [6, 6.07) is 6.30. The molecule has 1 aliphatic heterocycles. The van der Waals surface area contributed by atoms with Crippen LogP contribution in [0.25, 0.3) is 0 Å². The summed E-state index contributed by atoms with van der Waals surface area (Å²) >= 11 is 1.92. The molecule has 1 saturated heterocycles. The van der Waals surface area contributed by atoms with Gasteiger partial charge in [-0.15, -0.1) is 0 Å². The van der Waals surface area contributed by atoms with Gasteiger partial charge >= 0.3 is 5.97 Å². The van der Waals surface area contributed by atoms with E-state index in [1.807, 2.05) is 36.2 Å². The average molecular weight is 280 g/mol. The maximum absolute atomic E-state index is 11.4. The molecule has 2 rings (SSSR count). The van der Waals surface area contributed by atoms with Crippen LogP contribution in [0.5, 0.6) is 0 Å². The fraction of sp³-hybridized carbons (Fsp3) is 0.571. The number of pyridine rings is 1. The van der Waals surface area contributed by atoms with Gasteiger partial charge in [0.15, 0.2) is 0 Å². The lowest BCUT2D eigenvalue weighted by Gasteiger charge is -2.34. The largest absolute Gasteiger partial charge is 0.469 e. The van der Waals surface area contributed by atoms with Gasteiger partial charge in [0.1, 0.15) is 0 Å². The zero-order valence-corrected chi connectivity index (χ0v) is 12.1. The second kappa shape index (κ2) is 7.50. The van der Waals surface area contributed by atoms with Gasteiger partial charge in [-0.05, 0) is 12.1 Å². The third-order valence-corrected chi connectivity index (χ3v) is 4.45. The summed E-state index contributed by atoms with van der Waals surface area (Å²) in [5.41, 5.74) is 1.11. The smallest absolute Gasteiger partial charge is 0.307 e. The number of carbonyl (C=O) groups is 1. The molecule has 5 heteroatoms. The molecule has 0 N–H and O–H groups in total. The summed E-state index contributed by atoms with van der Waals surface area (Å²) in [4.78, 5) is 18.2. The lowest BCUT2D eigenvalue weighted by Crippen LogP contribution is -2.44. The van der Waals surface area contributed by atoms with E-state index >= 15 is 0 Å². The number of ether oxygens (including phenoxy) is 1. The summed E-state index contributed by atoms with van der Waals surface area (Å²) in [6.45, 7) is 2.00. The average Bonchev–Trinajstić information content (AvgIpc) is 2.47. The molecule has 0 aromatic carbocycles. The van der Waals surface area contributed by atoms with Gasteiger partial charge in [0.05, 0.1) is 13.5 Å². The van der Waals surface area contributed by atoms with E-state index in [4.69, 9.17) is 4.74 Å². The molecule has 1 fully saturated rings. The van der Waals surface area contributed by atoms with Crippen molar-refractivity contribution in [2.75, 3.05) is 31.7 Å². The first-order valence-corrected chi connectivity index (χ1v) is 7.73. The van der Waals surface area contributed by atoms with E-state index in [9.17, 15) is 4.79 Å². The van der Waals surface area contributed by atoms with Gasteiger partial charge in [-0.1, -0.05) is 6.07 Å². The second-order valence-electron chi connectivity index (χ2n) is 4.62. The standard InChI is InChI=1S/C14H20N2O2S/c1-18-14(17)10-13-11-19-9-8-16(13)7-5-12-4-2-3-6-15-12/h2-4,6,13H,5,7-11H2,1H3. The van der Waals surface area contributed by atoms with Crippen LogP contribution in [0.1, 0.15) is 12.1 Å². The summed E-state index contributed by atoms with van der Waals surface area (Å²) in [5, 5.41) is 0. The van der Waals surface area contributed by atoms with E-state index in [0.717, 1.165) is 36.7 Å². The quantitative estimate of drug-likeness (QED) is 0.767. The first-order valence-electron chi connectivity index (χ1n) is 6.58. The summed E-state index contributed by atoms with van der Waals surface area (Å²) in [6.07, 6.45) is 3.25. The van der Waals surface area contributed by atoms with Crippen molar-refractivity contribution in [3.63, 3.8) is 0 Å². The Hall–Kier alpha value is -1.07. The summed E-state index contributed by atoms with van der Waals surface area (Å²) in [7, 11) is 1.45. The summed E-state index contributed by atoms with van der Waals surface area (Å²) < 4.78 is 4.78. The molecule has 1 aromatic rings. The van der Waals surface area contributed by atoms with Crippen LogP contribution in [-0.4, -0.2) is 53.6 Å². The first kappa shape index (κ1) is 14.3. The number of thioether (sulfide) groups is 1. The van der Waals surface area contributed by atoms with Crippen LogP contribution < -0.4 is 0 Å². The molecule has 104 valence electrons. The second-order valence-corrected chi connectivity index (χ2v) is 5.77. The maximum atomic E-state index is 11.4. The Kier molecular flexibility index (Phi) is 5.66. The van der Waals surface area contributed by atoms with E-state index in [2.05, 4.69) is 9.88 Å². The van der Waals surface area contributed by atoms with Crippen LogP contribution in [-0.2, 0) is 16.0 Å². The van der Waals surface area contributed by atoms with Crippen LogP contribution in [0.3, 0.4) is 0 Å². The maximum Gasteiger partial charge on any atom is 0.307 e. The van der Waals surface area contributed by atoms with Gasteiger partial charge in [-0.3, -0.25) is 14.7 Å². The van der Waals surface area contributed by atoms with Gasteiger partial charge < -0.3 is 4.74 Å². The number of rotatable bonds is 5. The van der Waals surface area contributed by atoms with Gasteiger partial charge in [0.2, 0.25) is 0 Å². The molecule has 4 nitrogen and oxygen atoms in total. The van der Waals surface area contributed by atoms with E-state index < -0.39 is 0 Å². The minimum absolute atomic E-state index is 0.115. The Balaban J connectivity index is 1.87. The van der Waals surface area contributed by atoms with Crippen LogP contribution in [0, 0.1) is 0 Å². The molecule has 1 atom stereocenters. The molecule has 1 aromatic heterocycles. The monoisotopic (exact) mass is 280 g/mol. The van der Waals surface area contributed by atoms with E-state index in [0.29, 0.717) is 12.5 Å². The molecular formula is C14H20N2O2S. The van der Waals surface area contributed by atoms with Crippen molar-refractivity contribution in [3.05, 3.63) is 30.1 Å². The predicted molar refractivity (Wildman–Crippen MR) is 77.3 cm³/mol. The molecule has 0 spiro atoms. The van der Waals surface area contributed by atoms with Crippen molar-refractivity contribution in [1.82, 2.24) is 9.88 Å². The summed E-state index contributed by atoms with van der Waals surface area (Å²) in [5.74, 6) is 2.03. The number of carbonyl (C=O) groups excluding carboxylic acids is 1. The molecule has 19 heavy (non-hydrogen) atoms. The molecule has 0 bridgehead atoms. The zero-order valence-electron chi connectivity index (χ0n) is 11.2. The highest BCUT2D eigenvalue weighted by molar-refractivity contribution is 7.99. The lowest BCUT2D eigenvalue weighted by molar-refractivity contribution is -0.141. The Morgan fingerprint density at radius 1 is 1.58 bits per heavy atom. The number of methoxy groups -OCH3 is 1. The normalized spacial score (nSPS) is 20.2. The van der Waals surface area contributed by atoms with Crippen molar-refractivity contribution >= 4 is 17.7 Å². The number of hydrogen-bond acceptors (Lipinski definition) is 5. The molecule has 2 heterocycles. The fourth-order valence-electron chi connectivity index (χ4n) is 2.25. The van der Waals surface area contributed by atoms with Gasteiger partial charge in [-0.25, -0.2) is 0 Å². The van der Waals surface area contributed by atoms with Crippen molar-refractivity contribution in [1.29, 1.82) is 0 Å². The van der Waals surface area contributed by atoms with Crippen molar-refractivity contribution in [2.24, 2.45) is 0 Å². The van der Waals surface area contributed by atoms with Gasteiger partial charge in [0.25, 0.3) is 0 Å². The first-order chi connectivity index (χ1) is 9.29. The van der Waals surface area contributed by atoms with E-state index in [1.54, 1.807) is 0 Å². The molecule has 0 amide bonds. The molecule has 0 saturated carbocycles. The number of nitrogens with zero attached hydrogens (tertiary/aromatic N) is 2. The highest BCUT2D eigenvalue weighted by Crippen LogP contribution is 2.19. The minimum Gasteiger partial charge on any atom is -0.469 e. The van der Waals surface area contributed by atoms with E-state index in [1.165, 1.54) is 7.11 Å². The fourth-order valence-corrected chi connectivity index (χ4v) is 3.38. The lowest BCUT2D eigenvalue weighted by atomic mass is 10.1. The topological polar surface area (TPSA) is 42.4 Å². The predicted octanol–water partition coefficient (Wildman–Crippen LogP) is 1.60. The molecule has 0 aliphatic carbocycles. The molecule has 1 aliphatic rings. The number of aromatic nitrogens is 1. The Bertz CT molecular complexity index is 400. The van der Waals surface area contributed by atoms with E-state index in [-0.39, 0.29) is 5.97 Å². The molecular weight excluding hydrogens is 260 g/mol. The van der Waals surface area contributed by atoms with Crippen molar-refractivity contribution < 1.29 is 9.53 Å². The third-order valence-electron chi connectivity index (χ3n) is 3.36. The van der Waals surface area contributed by atoms with Crippen molar-refractivity contribution in [3.8, 4) is 0 Å².